The lowest BCUT2D eigenvalue weighted by molar-refractivity contribution is 0.155. The van der Waals surface area contributed by atoms with Crippen LogP contribution < -0.4 is 4.74 Å². The molecule has 1 aromatic heterocycles. The highest BCUT2D eigenvalue weighted by Gasteiger charge is 2.29. The summed E-state index contributed by atoms with van der Waals surface area (Å²) in [4.78, 5) is 4.09. The lowest BCUT2D eigenvalue weighted by Crippen LogP contribution is -2.33. The molecule has 0 aromatic carbocycles. The molecule has 2 rings (SSSR count). The fourth-order valence-electron chi connectivity index (χ4n) is 2.22. The van der Waals surface area contributed by atoms with E-state index in [4.69, 9.17) is 4.74 Å². The van der Waals surface area contributed by atoms with Crippen LogP contribution in [-0.4, -0.2) is 31.0 Å². The van der Waals surface area contributed by atoms with Gasteiger partial charge < -0.3 is 4.74 Å². The van der Waals surface area contributed by atoms with E-state index in [0.717, 1.165) is 23.9 Å². The van der Waals surface area contributed by atoms with E-state index in [9.17, 15) is 8.42 Å². The summed E-state index contributed by atoms with van der Waals surface area (Å²) in [6.45, 7) is 0. The lowest BCUT2D eigenvalue weighted by atomic mass is 9.97. The molecule has 0 N–H and O–H groups in total. The van der Waals surface area contributed by atoms with Gasteiger partial charge in [-0.2, -0.15) is 0 Å². The van der Waals surface area contributed by atoms with Gasteiger partial charge in [-0.15, -0.1) is 0 Å². The Morgan fingerprint density at radius 2 is 2.17 bits per heavy atom. The van der Waals surface area contributed by atoms with Crippen LogP contribution in [0.25, 0.3) is 0 Å². The maximum Gasteiger partial charge on any atom is 0.150 e. The van der Waals surface area contributed by atoms with Crippen LogP contribution in [-0.2, 0) is 9.84 Å². The first-order valence-corrected chi connectivity index (χ1v) is 8.67. The van der Waals surface area contributed by atoms with E-state index in [1.807, 2.05) is 12.1 Å². The van der Waals surface area contributed by atoms with Gasteiger partial charge in [0.25, 0.3) is 0 Å². The quantitative estimate of drug-likeness (QED) is 0.798. The molecule has 1 aliphatic carbocycles. The minimum atomic E-state index is -2.96. The topological polar surface area (TPSA) is 56.3 Å². The molecule has 1 fully saturated rings. The van der Waals surface area contributed by atoms with Crippen molar-refractivity contribution in [2.24, 2.45) is 0 Å². The summed E-state index contributed by atoms with van der Waals surface area (Å²) in [5.41, 5.74) is 0. The average molecular weight is 334 g/mol. The largest absolute Gasteiger partial charge is 0.489 e. The number of pyridine rings is 1. The zero-order valence-corrected chi connectivity index (χ0v) is 12.6. The molecule has 0 radical (unpaired) electrons. The first-order chi connectivity index (χ1) is 8.45. The molecular weight excluding hydrogens is 318 g/mol. The minimum Gasteiger partial charge on any atom is -0.489 e. The van der Waals surface area contributed by atoms with Gasteiger partial charge in [-0.25, -0.2) is 13.4 Å². The van der Waals surface area contributed by atoms with Gasteiger partial charge in [0.1, 0.15) is 26.3 Å². The maximum atomic E-state index is 11.6. The predicted octanol–water partition coefficient (Wildman–Crippen LogP) is 2.58. The smallest absolute Gasteiger partial charge is 0.150 e. The molecule has 18 heavy (non-hydrogen) atoms. The van der Waals surface area contributed by atoms with Gasteiger partial charge in [0.15, 0.2) is 0 Å². The molecule has 6 heteroatoms. The van der Waals surface area contributed by atoms with Gasteiger partial charge in [-0.1, -0.05) is 0 Å². The summed E-state index contributed by atoms with van der Waals surface area (Å²) in [6, 6.07) is 3.65. The van der Waals surface area contributed by atoms with Crippen molar-refractivity contribution in [3.8, 4) is 5.75 Å². The van der Waals surface area contributed by atoms with E-state index in [0.29, 0.717) is 12.2 Å². The third-order valence-corrected chi connectivity index (χ3v) is 5.29. The predicted molar refractivity (Wildman–Crippen MR) is 73.5 cm³/mol. The second-order valence-electron chi connectivity index (χ2n) is 4.67. The molecule has 1 saturated carbocycles. The second-order valence-corrected chi connectivity index (χ2v) is 7.81. The Bertz CT molecular complexity index is 501. The van der Waals surface area contributed by atoms with Crippen molar-refractivity contribution in [2.45, 2.75) is 37.0 Å². The lowest BCUT2D eigenvalue weighted by Gasteiger charge is -2.28. The Morgan fingerprint density at radius 3 is 2.78 bits per heavy atom. The number of hydrogen-bond donors (Lipinski definition) is 0. The van der Waals surface area contributed by atoms with Gasteiger partial charge in [0, 0.05) is 12.7 Å². The van der Waals surface area contributed by atoms with Crippen molar-refractivity contribution < 1.29 is 13.2 Å². The Labute approximate surface area is 116 Å². The number of sulfone groups is 1. The number of aromatic nitrogens is 1. The van der Waals surface area contributed by atoms with Crippen LogP contribution in [0.1, 0.15) is 25.7 Å². The summed E-state index contributed by atoms with van der Waals surface area (Å²) < 4.78 is 29.7. The van der Waals surface area contributed by atoms with E-state index < -0.39 is 9.84 Å². The Morgan fingerprint density at radius 1 is 1.39 bits per heavy atom. The Kier molecular flexibility index (Phi) is 4.27. The van der Waals surface area contributed by atoms with Gasteiger partial charge in [-0.05, 0) is 47.3 Å². The molecule has 4 nitrogen and oxygen atoms in total. The normalized spacial score (nSPS) is 24.8. The third kappa shape index (κ3) is 3.68. The van der Waals surface area contributed by atoms with Crippen molar-refractivity contribution in [2.75, 3.05) is 6.26 Å². The minimum absolute atomic E-state index is 0.0264. The van der Waals surface area contributed by atoms with Gasteiger partial charge >= 0.3 is 0 Å². The number of rotatable bonds is 3. The van der Waals surface area contributed by atoms with Crippen molar-refractivity contribution in [1.82, 2.24) is 4.98 Å². The fourth-order valence-corrected chi connectivity index (χ4v) is 3.62. The number of halogens is 1. The number of ether oxygens (including phenoxy) is 1. The van der Waals surface area contributed by atoms with Crippen LogP contribution >= 0.6 is 15.9 Å². The van der Waals surface area contributed by atoms with E-state index in [-0.39, 0.29) is 11.4 Å². The molecule has 0 saturated heterocycles. The fraction of sp³-hybridized carbons (Fsp3) is 0.583. The summed E-state index contributed by atoms with van der Waals surface area (Å²) in [6.07, 6.45) is 6.05. The van der Waals surface area contributed by atoms with Crippen molar-refractivity contribution >= 4 is 25.8 Å². The van der Waals surface area contributed by atoms with Gasteiger partial charge in [-0.3, -0.25) is 0 Å². The Balaban J connectivity index is 2.00. The molecule has 0 aliphatic heterocycles. The highest BCUT2D eigenvalue weighted by molar-refractivity contribution is 9.10. The van der Waals surface area contributed by atoms with Crippen LogP contribution in [0.15, 0.2) is 22.9 Å². The highest BCUT2D eigenvalue weighted by Crippen LogP contribution is 2.27. The van der Waals surface area contributed by atoms with Crippen LogP contribution in [0.4, 0.5) is 0 Å². The van der Waals surface area contributed by atoms with E-state index in [1.54, 1.807) is 6.20 Å². The summed E-state index contributed by atoms with van der Waals surface area (Å²) in [5, 5.41) is -0.264. The zero-order chi connectivity index (χ0) is 13.2. The molecule has 1 heterocycles. The van der Waals surface area contributed by atoms with Crippen molar-refractivity contribution in [3.05, 3.63) is 22.9 Å². The molecule has 0 amide bonds. The summed E-state index contributed by atoms with van der Waals surface area (Å²) in [5.74, 6) is 0.692. The van der Waals surface area contributed by atoms with Gasteiger partial charge in [0.05, 0.1) is 11.4 Å². The van der Waals surface area contributed by atoms with Crippen LogP contribution in [0.2, 0.25) is 0 Å². The van der Waals surface area contributed by atoms with Gasteiger partial charge in [0.2, 0.25) is 0 Å². The molecule has 0 spiro atoms. The van der Waals surface area contributed by atoms with Crippen LogP contribution in [0, 0.1) is 0 Å². The maximum absolute atomic E-state index is 11.6. The van der Waals surface area contributed by atoms with Crippen molar-refractivity contribution in [1.29, 1.82) is 0 Å². The van der Waals surface area contributed by atoms with Crippen molar-refractivity contribution in [3.63, 3.8) is 0 Å². The van der Waals surface area contributed by atoms with E-state index >= 15 is 0 Å². The summed E-state index contributed by atoms with van der Waals surface area (Å²) >= 11 is 3.26. The standard InChI is InChI=1S/C12H16BrNO3S/c1-18(15,16)11-4-2-3-9(7-11)17-10-5-6-12(13)14-8-10/h5-6,8-9,11H,2-4,7H2,1H3. The molecule has 2 unspecified atom stereocenters. The highest BCUT2D eigenvalue weighted by atomic mass is 79.9. The SMILES string of the molecule is CS(=O)(=O)C1CCCC(Oc2ccc(Br)nc2)C1. The van der Waals surface area contributed by atoms with Crippen LogP contribution in [0.5, 0.6) is 5.75 Å². The number of hydrogen-bond acceptors (Lipinski definition) is 4. The first kappa shape index (κ1) is 13.8. The van der Waals surface area contributed by atoms with E-state index in [1.165, 1.54) is 6.26 Å². The number of nitrogens with zero attached hydrogens (tertiary/aromatic N) is 1. The average Bonchev–Trinajstić information content (AvgIpc) is 2.31. The molecule has 0 bridgehead atoms. The monoisotopic (exact) mass is 333 g/mol. The molecular formula is C12H16BrNO3S. The first-order valence-electron chi connectivity index (χ1n) is 5.92. The van der Waals surface area contributed by atoms with E-state index in [2.05, 4.69) is 20.9 Å². The Hall–Kier alpha value is -0.620. The molecule has 100 valence electrons. The second kappa shape index (κ2) is 5.57. The summed E-state index contributed by atoms with van der Waals surface area (Å²) in [7, 11) is -2.96. The molecule has 1 aromatic rings. The zero-order valence-electron chi connectivity index (χ0n) is 10.2. The molecule has 2 atom stereocenters. The third-order valence-electron chi connectivity index (χ3n) is 3.19. The van der Waals surface area contributed by atoms with Crippen LogP contribution in [0.3, 0.4) is 0 Å². The molecule has 1 aliphatic rings.